The molecular weight excluding hydrogens is 321 g/mol. The molecule has 0 aliphatic carbocycles. The molecule has 1 aromatic rings. The van der Waals surface area contributed by atoms with E-state index in [2.05, 4.69) is 20.5 Å². The van der Waals surface area contributed by atoms with E-state index >= 15 is 0 Å². The van der Waals surface area contributed by atoms with E-state index in [1.165, 1.54) is 6.07 Å². The molecule has 0 amide bonds. The summed E-state index contributed by atoms with van der Waals surface area (Å²) in [5.74, 6) is 0.570. The van der Waals surface area contributed by atoms with Gasteiger partial charge in [-0.3, -0.25) is 9.89 Å². The second-order valence-corrected chi connectivity index (χ2v) is 5.50. The number of benzene rings is 1. The van der Waals surface area contributed by atoms with Crippen LogP contribution in [0.2, 0.25) is 0 Å². The maximum absolute atomic E-state index is 12.7. The van der Waals surface area contributed by atoms with E-state index in [4.69, 9.17) is 4.74 Å². The first-order valence-electron chi connectivity index (χ1n) is 7.90. The molecule has 24 heavy (non-hydrogen) atoms. The number of hydrogen-bond acceptors (Lipinski definition) is 3. The minimum absolute atomic E-state index is 0.279. The van der Waals surface area contributed by atoms with Gasteiger partial charge in [-0.2, -0.15) is 13.2 Å². The van der Waals surface area contributed by atoms with Gasteiger partial charge in [0.2, 0.25) is 0 Å². The number of hydrogen-bond donors (Lipinski definition) is 2. The summed E-state index contributed by atoms with van der Waals surface area (Å²) in [5, 5.41) is 6.20. The molecular formula is C16H23F3N4O. The third kappa shape index (κ3) is 6.01. The number of aliphatic imine (C=N–C) groups is 1. The van der Waals surface area contributed by atoms with E-state index in [-0.39, 0.29) is 6.54 Å². The van der Waals surface area contributed by atoms with E-state index in [0.29, 0.717) is 18.1 Å². The van der Waals surface area contributed by atoms with Crippen molar-refractivity contribution in [3.63, 3.8) is 0 Å². The third-order valence-corrected chi connectivity index (χ3v) is 3.76. The van der Waals surface area contributed by atoms with Crippen LogP contribution in [0.15, 0.2) is 29.3 Å². The lowest BCUT2D eigenvalue weighted by Crippen LogP contribution is -2.44. The molecule has 0 bridgehead atoms. The van der Waals surface area contributed by atoms with Crippen molar-refractivity contribution in [3.05, 3.63) is 35.4 Å². The van der Waals surface area contributed by atoms with E-state index in [9.17, 15) is 13.2 Å². The molecule has 1 heterocycles. The standard InChI is InChI=1S/C16H23F3N4O/c1-20-15(21-5-6-23-7-9-24-10-8-23)22-12-13-3-2-4-14(11-13)16(17,18)19/h2-4,11H,5-10,12H2,1H3,(H2,20,21,22). The molecule has 0 radical (unpaired) electrons. The highest BCUT2D eigenvalue weighted by Gasteiger charge is 2.30. The fourth-order valence-electron chi connectivity index (χ4n) is 2.42. The zero-order chi connectivity index (χ0) is 17.4. The number of ether oxygens (including phenoxy) is 1. The van der Waals surface area contributed by atoms with Crippen LogP contribution in [0.3, 0.4) is 0 Å². The summed E-state index contributed by atoms with van der Waals surface area (Å²) in [7, 11) is 1.64. The zero-order valence-electron chi connectivity index (χ0n) is 13.7. The quantitative estimate of drug-likeness (QED) is 0.631. The Morgan fingerprint density at radius 3 is 2.67 bits per heavy atom. The highest BCUT2D eigenvalue weighted by Crippen LogP contribution is 2.29. The van der Waals surface area contributed by atoms with Crippen molar-refractivity contribution in [2.24, 2.45) is 4.99 Å². The second-order valence-electron chi connectivity index (χ2n) is 5.50. The van der Waals surface area contributed by atoms with Crippen molar-refractivity contribution in [2.75, 3.05) is 46.4 Å². The molecule has 134 valence electrons. The Morgan fingerprint density at radius 2 is 2.00 bits per heavy atom. The lowest BCUT2D eigenvalue weighted by atomic mass is 10.1. The summed E-state index contributed by atoms with van der Waals surface area (Å²) < 4.78 is 43.4. The monoisotopic (exact) mass is 344 g/mol. The highest BCUT2D eigenvalue weighted by atomic mass is 19.4. The van der Waals surface area contributed by atoms with Crippen molar-refractivity contribution in [1.82, 2.24) is 15.5 Å². The molecule has 2 rings (SSSR count). The summed E-state index contributed by atoms with van der Waals surface area (Å²) in [4.78, 5) is 6.37. The van der Waals surface area contributed by atoms with Crippen molar-refractivity contribution >= 4 is 5.96 Å². The molecule has 1 aliphatic rings. The van der Waals surface area contributed by atoms with E-state index in [0.717, 1.165) is 45.0 Å². The van der Waals surface area contributed by atoms with Crippen LogP contribution in [0.5, 0.6) is 0 Å². The van der Waals surface area contributed by atoms with Crippen molar-refractivity contribution in [1.29, 1.82) is 0 Å². The first-order chi connectivity index (χ1) is 11.5. The number of guanidine groups is 1. The summed E-state index contributed by atoms with van der Waals surface area (Å²) in [5.41, 5.74) is -0.0852. The van der Waals surface area contributed by atoms with Crippen LogP contribution in [0.25, 0.3) is 0 Å². The number of alkyl halides is 3. The molecule has 5 nitrogen and oxygen atoms in total. The Balaban J connectivity index is 1.77. The van der Waals surface area contributed by atoms with Gasteiger partial charge < -0.3 is 15.4 Å². The van der Waals surface area contributed by atoms with Gasteiger partial charge in [0.05, 0.1) is 18.8 Å². The number of rotatable bonds is 5. The van der Waals surface area contributed by atoms with Crippen LogP contribution in [0.1, 0.15) is 11.1 Å². The molecule has 1 saturated heterocycles. The second kappa shape index (κ2) is 8.89. The van der Waals surface area contributed by atoms with Crippen LogP contribution in [0.4, 0.5) is 13.2 Å². The lowest BCUT2D eigenvalue weighted by Gasteiger charge is -2.26. The normalized spacial score (nSPS) is 16.9. The first-order valence-corrected chi connectivity index (χ1v) is 7.90. The minimum Gasteiger partial charge on any atom is -0.379 e. The molecule has 1 aliphatic heterocycles. The maximum Gasteiger partial charge on any atom is 0.416 e. The van der Waals surface area contributed by atoms with Crippen molar-refractivity contribution < 1.29 is 17.9 Å². The Bertz CT molecular complexity index is 542. The summed E-state index contributed by atoms with van der Waals surface area (Å²) in [6, 6.07) is 5.28. The van der Waals surface area contributed by atoms with Gasteiger partial charge >= 0.3 is 6.18 Å². The number of nitrogens with zero attached hydrogens (tertiary/aromatic N) is 2. The van der Waals surface area contributed by atoms with Gasteiger partial charge in [0.25, 0.3) is 0 Å². The van der Waals surface area contributed by atoms with Crippen molar-refractivity contribution in [3.8, 4) is 0 Å². The number of nitrogens with one attached hydrogen (secondary N) is 2. The molecule has 8 heteroatoms. The Kier molecular flexibility index (Phi) is 6.86. The van der Waals surface area contributed by atoms with Gasteiger partial charge in [-0.1, -0.05) is 12.1 Å². The van der Waals surface area contributed by atoms with Gasteiger partial charge in [-0.25, -0.2) is 0 Å². The maximum atomic E-state index is 12.7. The Labute approximate surface area is 139 Å². The molecule has 2 N–H and O–H groups in total. The van der Waals surface area contributed by atoms with E-state index in [1.807, 2.05) is 0 Å². The molecule has 0 spiro atoms. The predicted molar refractivity (Wildman–Crippen MR) is 86.9 cm³/mol. The van der Waals surface area contributed by atoms with Gasteiger partial charge in [0.1, 0.15) is 0 Å². The van der Waals surface area contributed by atoms with Crippen LogP contribution in [0, 0.1) is 0 Å². The summed E-state index contributed by atoms with van der Waals surface area (Å²) >= 11 is 0. The first kappa shape index (κ1) is 18.5. The SMILES string of the molecule is CN=C(NCCN1CCOCC1)NCc1cccc(C(F)(F)F)c1. The molecule has 0 atom stereocenters. The number of halogens is 3. The van der Waals surface area contributed by atoms with Crippen LogP contribution in [-0.4, -0.2) is 57.3 Å². The Hall–Kier alpha value is -1.80. The largest absolute Gasteiger partial charge is 0.416 e. The minimum atomic E-state index is -4.33. The smallest absolute Gasteiger partial charge is 0.379 e. The fraction of sp³-hybridized carbons (Fsp3) is 0.562. The van der Waals surface area contributed by atoms with Gasteiger partial charge in [-0.05, 0) is 17.7 Å². The molecule has 0 saturated carbocycles. The van der Waals surface area contributed by atoms with E-state index < -0.39 is 11.7 Å². The third-order valence-electron chi connectivity index (χ3n) is 3.76. The summed E-state index contributed by atoms with van der Waals surface area (Å²) in [6.07, 6.45) is -4.33. The average Bonchev–Trinajstić information content (AvgIpc) is 2.58. The lowest BCUT2D eigenvalue weighted by molar-refractivity contribution is -0.137. The summed E-state index contributed by atoms with van der Waals surface area (Å²) in [6.45, 7) is 5.19. The van der Waals surface area contributed by atoms with Crippen LogP contribution >= 0.6 is 0 Å². The van der Waals surface area contributed by atoms with Crippen LogP contribution < -0.4 is 10.6 Å². The number of morpholine rings is 1. The molecule has 1 fully saturated rings. The van der Waals surface area contributed by atoms with Crippen molar-refractivity contribution in [2.45, 2.75) is 12.7 Å². The van der Waals surface area contributed by atoms with E-state index in [1.54, 1.807) is 13.1 Å². The predicted octanol–water partition coefficient (Wildman–Crippen LogP) is 1.70. The highest BCUT2D eigenvalue weighted by molar-refractivity contribution is 5.79. The zero-order valence-corrected chi connectivity index (χ0v) is 13.7. The molecule has 1 aromatic carbocycles. The molecule has 0 aromatic heterocycles. The van der Waals surface area contributed by atoms with Gasteiger partial charge in [0.15, 0.2) is 5.96 Å². The Morgan fingerprint density at radius 1 is 1.25 bits per heavy atom. The van der Waals surface area contributed by atoms with Gasteiger partial charge in [0, 0.05) is 39.8 Å². The fourth-order valence-corrected chi connectivity index (χ4v) is 2.42. The van der Waals surface area contributed by atoms with Gasteiger partial charge in [-0.15, -0.1) is 0 Å². The average molecular weight is 344 g/mol. The van der Waals surface area contributed by atoms with Crippen LogP contribution in [-0.2, 0) is 17.5 Å². The topological polar surface area (TPSA) is 48.9 Å². The molecule has 0 unspecified atom stereocenters.